The van der Waals surface area contributed by atoms with Crippen LogP contribution in [0.3, 0.4) is 0 Å². The first-order valence-electron chi connectivity index (χ1n) is 12.1. The Morgan fingerprint density at radius 3 is 2.32 bits per heavy atom. The largest absolute Gasteiger partial charge is 0.466 e. The lowest BCUT2D eigenvalue weighted by molar-refractivity contribution is -0.206. The van der Waals surface area contributed by atoms with Crippen LogP contribution >= 0.6 is 0 Å². The number of hydrogen-bond donors (Lipinski definition) is 0. The summed E-state index contributed by atoms with van der Waals surface area (Å²) in [4.78, 5) is 41.3. The zero-order valence-corrected chi connectivity index (χ0v) is 20.1. The zero-order valence-electron chi connectivity index (χ0n) is 20.1. The van der Waals surface area contributed by atoms with Gasteiger partial charge in [-0.05, 0) is 37.5 Å². The fourth-order valence-electron chi connectivity index (χ4n) is 5.44. The molecule has 1 spiro atoms. The quantitative estimate of drug-likeness (QED) is 0.431. The van der Waals surface area contributed by atoms with Gasteiger partial charge in [0, 0.05) is 37.8 Å². The Bertz CT molecular complexity index is 1220. The lowest BCUT2D eigenvalue weighted by Crippen LogP contribution is -2.65. The minimum Gasteiger partial charge on any atom is -0.466 e. The van der Waals surface area contributed by atoms with Crippen LogP contribution in [0, 0.1) is 22.6 Å². The number of rotatable bonds is 6. The number of nitrogens with zero attached hydrogens (tertiary/aromatic N) is 4. The third kappa shape index (κ3) is 4.36. The van der Waals surface area contributed by atoms with E-state index in [2.05, 4.69) is 5.10 Å². The predicted octanol–water partition coefficient (Wildman–Crippen LogP) is 2.88. The Morgan fingerprint density at radius 2 is 1.73 bits per heavy atom. The minimum atomic E-state index is -4.61. The van der Waals surface area contributed by atoms with E-state index in [0.29, 0.717) is 6.54 Å². The van der Waals surface area contributed by atoms with Gasteiger partial charge in [-0.1, -0.05) is 12.1 Å². The van der Waals surface area contributed by atoms with E-state index in [-0.39, 0.29) is 62.9 Å². The van der Waals surface area contributed by atoms with Gasteiger partial charge in [0.15, 0.2) is 0 Å². The fourth-order valence-corrected chi connectivity index (χ4v) is 5.44. The molecule has 2 aromatic rings. The molecule has 2 saturated heterocycles. The molecule has 37 heavy (non-hydrogen) atoms. The van der Waals surface area contributed by atoms with Crippen LogP contribution < -0.4 is 0 Å². The van der Waals surface area contributed by atoms with Crippen molar-refractivity contribution in [2.24, 2.45) is 16.7 Å². The summed E-state index contributed by atoms with van der Waals surface area (Å²) in [5.74, 6) is -2.99. The lowest BCUT2D eigenvalue weighted by atomic mass is 9.71. The van der Waals surface area contributed by atoms with Gasteiger partial charge < -0.3 is 14.5 Å². The second kappa shape index (κ2) is 8.84. The van der Waals surface area contributed by atoms with E-state index in [4.69, 9.17) is 4.74 Å². The molecule has 1 aromatic heterocycles. The van der Waals surface area contributed by atoms with Crippen LogP contribution in [0.1, 0.15) is 35.7 Å². The van der Waals surface area contributed by atoms with E-state index in [1.165, 1.54) is 27.9 Å². The van der Waals surface area contributed by atoms with E-state index in [9.17, 15) is 31.9 Å². The molecule has 2 amide bonds. The number of aromatic nitrogens is 2. The van der Waals surface area contributed by atoms with Crippen LogP contribution in [-0.4, -0.2) is 76.3 Å². The topological polar surface area (TPSA) is 84.7 Å². The van der Waals surface area contributed by atoms with Gasteiger partial charge >= 0.3 is 12.1 Å². The highest BCUT2D eigenvalue weighted by atomic mass is 19.4. The summed E-state index contributed by atoms with van der Waals surface area (Å²) >= 11 is 0. The molecule has 3 heterocycles. The minimum absolute atomic E-state index is 0.0350. The van der Waals surface area contributed by atoms with Crippen molar-refractivity contribution in [2.75, 3.05) is 32.8 Å². The van der Waals surface area contributed by atoms with Gasteiger partial charge in [0.25, 0.3) is 5.91 Å². The monoisotopic (exact) mass is 522 g/mol. The van der Waals surface area contributed by atoms with Gasteiger partial charge in [0.05, 0.1) is 30.8 Å². The standard InChI is InChI=1S/C25H26F4N4O4/c1-2-37-21(35)19-12-31(13-23(19)14-32(15-23)22(36)24(7-8-24)25(27,28)29)20(34)17-9-30-33(11-17)10-16-3-5-18(26)6-4-16/h3-6,9,11,19H,2,7-8,10,12-15H2,1H3. The molecule has 8 nitrogen and oxygen atoms in total. The van der Waals surface area contributed by atoms with Crippen LogP contribution in [0.5, 0.6) is 0 Å². The molecule has 1 aliphatic carbocycles. The number of alkyl halides is 3. The second-order valence-electron chi connectivity index (χ2n) is 10.1. The maximum absolute atomic E-state index is 13.5. The highest BCUT2D eigenvalue weighted by molar-refractivity contribution is 5.95. The van der Waals surface area contributed by atoms with Crippen molar-refractivity contribution >= 4 is 17.8 Å². The van der Waals surface area contributed by atoms with E-state index < -0.39 is 34.8 Å². The van der Waals surface area contributed by atoms with E-state index in [1.807, 2.05) is 0 Å². The summed E-state index contributed by atoms with van der Waals surface area (Å²) in [5.41, 5.74) is -2.11. The fraction of sp³-hybridized carbons (Fsp3) is 0.520. The molecule has 12 heteroatoms. The maximum Gasteiger partial charge on any atom is 0.403 e. The molecular weight excluding hydrogens is 496 g/mol. The molecule has 1 unspecified atom stereocenters. The predicted molar refractivity (Wildman–Crippen MR) is 120 cm³/mol. The van der Waals surface area contributed by atoms with Crippen LogP contribution in [0.15, 0.2) is 36.7 Å². The van der Waals surface area contributed by atoms with Crippen molar-refractivity contribution in [3.05, 3.63) is 53.6 Å². The highest BCUT2D eigenvalue weighted by Gasteiger charge is 2.71. The van der Waals surface area contributed by atoms with E-state index in [0.717, 1.165) is 10.5 Å². The summed E-state index contributed by atoms with van der Waals surface area (Å²) < 4.78 is 60.2. The van der Waals surface area contributed by atoms with Gasteiger partial charge in [-0.15, -0.1) is 0 Å². The van der Waals surface area contributed by atoms with E-state index in [1.54, 1.807) is 25.3 Å². The number of carbonyl (C=O) groups excluding carboxylic acids is 3. The first-order chi connectivity index (χ1) is 17.5. The number of benzene rings is 1. The Kier molecular flexibility index (Phi) is 6.03. The molecule has 1 saturated carbocycles. The van der Waals surface area contributed by atoms with Crippen LogP contribution in [0.4, 0.5) is 17.6 Å². The number of halogens is 4. The number of esters is 1. The normalized spacial score (nSPS) is 21.6. The zero-order chi connectivity index (χ0) is 26.6. The highest BCUT2D eigenvalue weighted by Crippen LogP contribution is 2.60. The van der Waals surface area contributed by atoms with Crippen molar-refractivity contribution in [3.8, 4) is 0 Å². The molecule has 3 fully saturated rings. The SMILES string of the molecule is CCOC(=O)C1CN(C(=O)c2cnn(Cc3ccc(F)cc3)c2)CC12CN(C(=O)C1(C(F)(F)F)CC1)C2. The number of hydrogen-bond acceptors (Lipinski definition) is 5. The molecule has 0 radical (unpaired) electrons. The summed E-state index contributed by atoms with van der Waals surface area (Å²) in [6.07, 6.45) is -2.13. The molecule has 3 aliphatic rings. The molecule has 198 valence electrons. The van der Waals surface area contributed by atoms with Crippen LogP contribution in [0.2, 0.25) is 0 Å². The average molecular weight is 522 g/mol. The molecule has 1 aromatic carbocycles. The first kappa shape index (κ1) is 25.2. The Hall–Kier alpha value is -3.44. The summed E-state index contributed by atoms with van der Waals surface area (Å²) in [6, 6.07) is 5.88. The molecule has 1 atom stereocenters. The number of ether oxygens (including phenoxy) is 1. The van der Waals surface area contributed by atoms with Crippen molar-refractivity contribution in [2.45, 2.75) is 32.5 Å². The van der Waals surface area contributed by atoms with Gasteiger partial charge in [0.2, 0.25) is 5.91 Å². The Morgan fingerprint density at radius 1 is 1.08 bits per heavy atom. The molecular formula is C25H26F4N4O4. The van der Waals surface area contributed by atoms with Crippen LogP contribution in [-0.2, 0) is 20.9 Å². The number of likely N-dealkylation sites (tertiary alicyclic amines) is 2. The third-order valence-electron chi connectivity index (χ3n) is 7.64. The second-order valence-corrected chi connectivity index (χ2v) is 10.1. The van der Waals surface area contributed by atoms with Crippen molar-refractivity contribution in [1.29, 1.82) is 0 Å². The summed E-state index contributed by atoms with van der Waals surface area (Å²) in [7, 11) is 0. The Labute approximate surface area is 210 Å². The van der Waals surface area contributed by atoms with Gasteiger partial charge in [-0.3, -0.25) is 19.1 Å². The van der Waals surface area contributed by atoms with Crippen molar-refractivity contribution in [3.63, 3.8) is 0 Å². The molecule has 0 bridgehead atoms. The third-order valence-corrected chi connectivity index (χ3v) is 7.64. The lowest BCUT2D eigenvalue weighted by Gasteiger charge is -2.51. The smallest absolute Gasteiger partial charge is 0.403 e. The van der Waals surface area contributed by atoms with Gasteiger partial charge in [-0.25, -0.2) is 4.39 Å². The first-order valence-corrected chi connectivity index (χ1v) is 12.1. The van der Waals surface area contributed by atoms with E-state index >= 15 is 0 Å². The Balaban J connectivity index is 1.29. The molecule has 0 N–H and O–H groups in total. The molecule has 2 aliphatic heterocycles. The summed E-state index contributed by atoms with van der Waals surface area (Å²) in [5, 5.41) is 4.20. The van der Waals surface area contributed by atoms with Crippen molar-refractivity contribution in [1.82, 2.24) is 19.6 Å². The maximum atomic E-state index is 13.5. The van der Waals surface area contributed by atoms with Crippen LogP contribution in [0.25, 0.3) is 0 Å². The number of amides is 2. The number of carbonyl (C=O) groups is 3. The van der Waals surface area contributed by atoms with Crippen molar-refractivity contribution < 1.29 is 36.7 Å². The van der Waals surface area contributed by atoms with Gasteiger partial charge in [-0.2, -0.15) is 18.3 Å². The summed E-state index contributed by atoms with van der Waals surface area (Å²) in [6.45, 7) is 2.15. The average Bonchev–Trinajstić information content (AvgIpc) is 3.37. The van der Waals surface area contributed by atoms with Gasteiger partial charge in [0.1, 0.15) is 11.2 Å². The molecule has 5 rings (SSSR count).